The van der Waals surface area contributed by atoms with Crippen molar-refractivity contribution in [3.8, 4) is 5.75 Å². The van der Waals surface area contributed by atoms with E-state index < -0.39 is 0 Å². The van der Waals surface area contributed by atoms with Crippen molar-refractivity contribution in [2.75, 3.05) is 30.8 Å². The third kappa shape index (κ3) is 5.45. The van der Waals surface area contributed by atoms with Gasteiger partial charge in [0.1, 0.15) is 5.75 Å². The predicted octanol–water partition coefficient (Wildman–Crippen LogP) is 2.50. The molecule has 0 saturated heterocycles. The Morgan fingerprint density at radius 3 is 2.71 bits per heavy atom. The molecular formula is C13H22N2O2. The molecule has 0 atom stereocenters. The molecule has 0 aliphatic carbocycles. The summed E-state index contributed by atoms with van der Waals surface area (Å²) in [5.74, 6) is 0.791. The molecule has 0 heterocycles. The fraction of sp³-hybridized carbons (Fsp3) is 0.538. The number of nitrogens with one attached hydrogen (secondary N) is 1. The Balaban J connectivity index is 2.46. The van der Waals surface area contributed by atoms with Crippen LogP contribution in [0.4, 0.5) is 11.4 Å². The maximum atomic E-state index is 5.79. The molecule has 4 nitrogen and oxygen atoms in total. The first-order valence-electron chi connectivity index (χ1n) is 6.00. The van der Waals surface area contributed by atoms with E-state index in [0.29, 0.717) is 18.9 Å². The van der Waals surface area contributed by atoms with Gasteiger partial charge in [0, 0.05) is 30.1 Å². The van der Waals surface area contributed by atoms with Gasteiger partial charge < -0.3 is 20.5 Å². The van der Waals surface area contributed by atoms with Crippen molar-refractivity contribution in [3.05, 3.63) is 18.2 Å². The van der Waals surface area contributed by atoms with E-state index in [1.165, 1.54) is 0 Å². The van der Waals surface area contributed by atoms with Crippen LogP contribution in [0.25, 0.3) is 0 Å². The number of ether oxygens (including phenoxy) is 2. The fourth-order valence-electron chi connectivity index (χ4n) is 1.46. The average Bonchev–Trinajstić information content (AvgIpc) is 2.24. The summed E-state index contributed by atoms with van der Waals surface area (Å²) in [7, 11) is 0. The van der Waals surface area contributed by atoms with Gasteiger partial charge in [0.25, 0.3) is 0 Å². The second kappa shape index (κ2) is 7.01. The van der Waals surface area contributed by atoms with Crippen molar-refractivity contribution in [1.82, 2.24) is 0 Å². The molecule has 0 aromatic heterocycles. The topological polar surface area (TPSA) is 56.5 Å². The van der Waals surface area contributed by atoms with Crippen molar-refractivity contribution in [2.24, 2.45) is 0 Å². The molecule has 0 saturated carbocycles. The maximum absolute atomic E-state index is 5.79. The molecule has 0 unspecified atom stereocenters. The minimum atomic E-state index is 0.261. The SMILES string of the molecule is CCOc1cc(N)cc(NCCOC(C)C)c1. The van der Waals surface area contributed by atoms with Crippen LogP contribution < -0.4 is 15.8 Å². The van der Waals surface area contributed by atoms with Gasteiger partial charge in [0.15, 0.2) is 0 Å². The van der Waals surface area contributed by atoms with E-state index in [1.807, 2.05) is 39.0 Å². The summed E-state index contributed by atoms with van der Waals surface area (Å²) in [5.41, 5.74) is 7.45. The zero-order chi connectivity index (χ0) is 12.7. The van der Waals surface area contributed by atoms with Gasteiger partial charge in [-0.25, -0.2) is 0 Å². The molecule has 0 aliphatic rings. The van der Waals surface area contributed by atoms with E-state index in [1.54, 1.807) is 0 Å². The van der Waals surface area contributed by atoms with Crippen molar-refractivity contribution in [2.45, 2.75) is 26.9 Å². The summed E-state index contributed by atoms with van der Waals surface area (Å²) >= 11 is 0. The summed E-state index contributed by atoms with van der Waals surface area (Å²) in [5, 5.41) is 3.25. The van der Waals surface area contributed by atoms with Gasteiger partial charge in [-0.05, 0) is 26.8 Å². The van der Waals surface area contributed by atoms with Crippen LogP contribution in [-0.4, -0.2) is 25.9 Å². The smallest absolute Gasteiger partial charge is 0.123 e. The lowest BCUT2D eigenvalue weighted by Gasteiger charge is -2.11. The first-order valence-corrected chi connectivity index (χ1v) is 6.00. The largest absolute Gasteiger partial charge is 0.494 e. The van der Waals surface area contributed by atoms with Crippen molar-refractivity contribution in [1.29, 1.82) is 0 Å². The molecule has 1 aromatic rings. The van der Waals surface area contributed by atoms with Crippen LogP contribution >= 0.6 is 0 Å². The number of hydrogen-bond donors (Lipinski definition) is 2. The molecule has 0 amide bonds. The molecule has 17 heavy (non-hydrogen) atoms. The third-order valence-electron chi connectivity index (χ3n) is 2.12. The van der Waals surface area contributed by atoms with Gasteiger partial charge >= 0.3 is 0 Å². The Bertz CT molecular complexity index is 340. The van der Waals surface area contributed by atoms with E-state index >= 15 is 0 Å². The van der Waals surface area contributed by atoms with Gasteiger partial charge in [0.2, 0.25) is 0 Å². The standard InChI is InChI=1S/C13H22N2O2/c1-4-16-13-8-11(14)7-12(9-13)15-5-6-17-10(2)3/h7-10,15H,4-6,14H2,1-3H3. The number of nitrogen functional groups attached to an aromatic ring is 1. The number of rotatable bonds is 7. The van der Waals surface area contributed by atoms with E-state index in [0.717, 1.165) is 18.0 Å². The molecule has 0 bridgehead atoms. The number of nitrogens with two attached hydrogens (primary N) is 1. The summed E-state index contributed by atoms with van der Waals surface area (Å²) in [6, 6.07) is 5.65. The third-order valence-corrected chi connectivity index (χ3v) is 2.12. The van der Waals surface area contributed by atoms with Crippen LogP contribution in [0.3, 0.4) is 0 Å². The number of anilines is 2. The fourth-order valence-corrected chi connectivity index (χ4v) is 1.46. The predicted molar refractivity (Wildman–Crippen MR) is 71.6 cm³/mol. The van der Waals surface area contributed by atoms with Crippen molar-refractivity contribution < 1.29 is 9.47 Å². The maximum Gasteiger partial charge on any atom is 0.123 e. The summed E-state index contributed by atoms with van der Waals surface area (Å²) < 4.78 is 10.9. The van der Waals surface area contributed by atoms with E-state index in [-0.39, 0.29) is 6.10 Å². The summed E-state index contributed by atoms with van der Waals surface area (Å²) in [6.45, 7) is 8.07. The molecule has 4 heteroatoms. The highest BCUT2D eigenvalue weighted by atomic mass is 16.5. The normalized spacial score (nSPS) is 10.6. The molecule has 3 N–H and O–H groups in total. The average molecular weight is 238 g/mol. The Morgan fingerprint density at radius 1 is 1.29 bits per heavy atom. The number of benzene rings is 1. The first-order chi connectivity index (χ1) is 8.11. The summed E-state index contributed by atoms with van der Waals surface area (Å²) in [4.78, 5) is 0. The minimum Gasteiger partial charge on any atom is -0.494 e. The van der Waals surface area contributed by atoms with Crippen LogP contribution in [0, 0.1) is 0 Å². The molecule has 0 fully saturated rings. The Labute approximate surface area is 103 Å². The quantitative estimate of drug-likeness (QED) is 0.566. The number of hydrogen-bond acceptors (Lipinski definition) is 4. The van der Waals surface area contributed by atoms with Crippen molar-refractivity contribution in [3.63, 3.8) is 0 Å². The van der Waals surface area contributed by atoms with Crippen LogP contribution in [0.2, 0.25) is 0 Å². The highest BCUT2D eigenvalue weighted by Gasteiger charge is 1.99. The van der Waals surface area contributed by atoms with E-state index in [4.69, 9.17) is 15.2 Å². The monoisotopic (exact) mass is 238 g/mol. The van der Waals surface area contributed by atoms with E-state index in [2.05, 4.69) is 5.32 Å². The van der Waals surface area contributed by atoms with Gasteiger partial charge in [-0.3, -0.25) is 0 Å². The second-order valence-electron chi connectivity index (χ2n) is 4.07. The van der Waals surface area contributed by atoms with Crippen LogP contribution in [0.1, 0.15) is 20.8 Å². The minimum absolute atomic E-state index is 0.261. The highest BCUT2D eigenvalue weighted by molar-refractivity contribution is 5.59. The van der Waals surface area contributed by atoms with E-state index in [9.17, 15) is 0 Å². The highest BCUT2D eigenvalue weighted by Crippen LogP contribution is 2.22. The van der Waals surface area contributed by atoms with Crippen molar-refractivity contribution >= 4 is 11.4 Å². The molecule has 1 rings (SSSR count). The first kappa shape index (κ1) is 13.6. The second-order valence-corrected chi connectivity index (χ2v) is 4.07. The molecule has 1 aromatic carbocycles. The van der Waals surface area contributed by atoms with Gasteiger partial charge in [-0.15, -0.1) is 0 Å². The zero-order valence-electron chi connectivity index (χ0n) is 10.8. The van der Waals surface area contributed by atoms with Gasteiger partial charge in [0.05, 0.1) is 19.3 Å². The Hall–Kier alpha value is -1.42. The molecule has 0 aliphatic heterocycles. The van der Waals surface area contributed by atoms with Gasteiger partial charge in [-0.1, -0.05) is 0 Å². The molecule has 96 valence electrons. The molecule has 0 radical (unpaired) electrons. The lowest BCUT2D eigenvalue weighted by atomic mass is 10.2. The van der Waals surface area contributed by atoms with Crippen LogP contribution in [0.5, 0.6) is 5.75 Å². The van der Waals surface area contributed by atoms with Gasteiger partial charge in [-0.2, -0.15) is 0 Å². The Kier molecular flexibility index (Phi) is 5.63. The lowest BCUT2D eigenvalue weighted by molar-refractivity contribution is 0.0870. The van der Waals surface area contributed by atoms with Crippen LogP contribution in [0.15, 0.2) is 18.2 Å². The lowest BCUT2D eigenvalue weighted by Crippen LogP contribution is -2.13. The van der Waals surface area contributed by atoms with Crippen LogP contribution in [-0.2, 0) is 4.74 Å². The molecule has 0 spiro atoms. The molecular weight excluding hydrogens is 216 g/mol. The summed E-state index contributed by atoms with van der Waals surface area (Å²) in [6.07, 6.45) is 0.261. The Morgan fingerprint density at radius 2 is 2.06 bits per heavy atom. The zero-order valence-corrected chi connectivity index (χ0v) is 10.8.